The second-order valence-corrected chi connectivity index (χ2v) is 6.65. The van der Waals surface area contributed by atoms with Crippen LogP contribution in [0.25, 0.3) is 0 Å². The van der Waals surface area contributed by atoms with E-state index < -0.39 is 22.0 Å². The van der Waals surface area contributed by atoms with Gasteiger partial charge >= 0.3 is 11.9 Å². The van der Waals surface area contributed by atoms with Crippen molar-refractivity contribution in [1.29, 1.82) is 0 Å². The van der Waals surface area contributed by atoms with Crippen LogP contribution in [0.2, 0.25) is 0 Å². The number of ether oxygens (including phenoxy) is 2. The molecule has 26 heavy (non-hydrogen) atoms. The van der Waals surface area contributed by atoms with Gasteiger partial charge in [-0.15, -0.1) is 0 Å². The van der Waals surface area contributed by atoms with Crippen molar-refractivity contribution in [2.75, 3.05) is 31.7 Å². The lowest BCUT2D eigenvalue weighted by Gasteiger charge is -2.07. The monoisotopic (exact) mass is 390 g/mol. The van der Waals surface area contributed by atoms with Crippen LogP contribution in [-0.2, 0) is 24.4 Å². The first kappa shape index (κ1) is 23.7. The molecule has 148 valence electrons. The molecule has 0 aliphatic carbocycles. The number of hydrogen-bond acceptors (Lipinski definition) is 7. The fourth-order valence-corrected chi connectivity index (χ4v) is 1.63. The molecule has 1 amide bonds. The number of benzene rings is 1. The van der Waals surface area contributed by atoms with Crippen molar-refractivity contribution in [3.63, 3.8) is 0 Å². The summed E-state index contributed by atoms with van der Waals surface area (Å²) in [6.07, 6.45) is 3.28. The Kier molecular flexibility index (Phi) is 11.8. The first-order valence-corrected chi connectivity index (χ1v) is 9.84. The molecular weight excluding hydrogens is 364 g/mol. The third-order valence-corrected chi connectivity index (χ3v) is 2.72. The van der Waals surface area contributed by atoms with Gasteiger partial charge in [-0.3, -0.25) is 9.35 Å². The van der Waals surface area contributed by atoms with Crippen LogP contribution in [-0.4, -0.2) is 50.9 Å². The molecule has 0 heterocycles. The Morgan fingerprint density at radius 1 is 1.15 bits per heavy atom. The van der Waals surface area contributed by atoms with E-state index >= 15 is 0 Å². The fourth-order valence-electron chi connectivity index (χ4n) is 1.63. The molecule has 0 aromatic heterocycles. The molecule has 0 spiro atoms. The van der Waals surface area contributed by atoms with Crippen molar-refractivity contribution in [3.8, 4) is 5.75 Å². The second kappa shape index (κ2) is 13.0. The minimum absolute atomic E-state index is 0.203. The highest BCUT2D eigenvalue weighted by Gasteiger charge is 2.12. The number of hydrogen-bond donors (Lipinski definition) is 3. The standard InChI is InChI=1S/C15H22N2O4.CH4O3S/c1-2-20-15(19)14(18)17-10-4-3-5-11-21-13-8-6-12(16)7-9-13;1-5(2,3)4/h6-9H,2-5,10-11,16H2,1H3,(H,17,18);1H3,(H,2,3,4). The Labute approximate surface area is 153 Å². The molecule has 0 aliphatic rings. The third kappa shape index (κ3) is 15.2. The zero-order valence-corrected chi connectivity index (χ0v) is 15.8. The molecule has 4 N–H and O–H groups in total. The van der Waals surface area contributed by atoms with Crippen LogP contribution in [0, 0.1) is 0 Å². The van der Waals surface area contributed by atoms with Crippen LogP contribution in [0.15, 0.2) is 24.3 Å². The third-order valence-electron chi connectivity index (χ3n) is 2.72. The quantitative estimate of drug-likeness (QED) is 0.196. The predicted octanol–water partition coefficient (Wildman–Crippen LogP) is 1.00. The molecule has 9 nitrogen and oxygen atoms in total. The van der Waals surface area contributed by atoms with E-state index in [4.69, 9.17) is 15.0 Å². The number of nitrogens with one attached hydrogen (secondary N) is 1. The van der Waals surface area contributed by atoms with E-state index in [0.29, 0.717) is 25.1 Å². The predicted molar refractivity (Wildman–Crippen MR) is 97.3 cm³/mol. The van der Waals surface area contributed by atoms with Gasteiger partial charge in [0, 0.05) is 12.2 Å². The maximum atomic E-state index is 11.2. The Bertz CT molecular complexity index is 637. The summed E-state index contributed by atoms with van der Waals surface area (Å²) in [5.41, 5.74) is 6.29. The normalized spacial score (nSPS) is 10.3. The van der Waals surface area contributed by atoms with E-state index in [1.165, 1.54) is 0 Å². The van der Waals surface area contributed by atoms with Gasteiger partial charge in [0.2, 0.25) is 0 Å². The SMILES string of the molecule is CCOC(=O)C(=O)NCCCCCOc1ccc(N)cc1.CS(=O)(=O)O. The van der Waals surface area contributed by atoms with E-state index in [2.05, 4.69) is 10.1 Å². The van der Waals surface area contributed by atoms with Crippen molar-refractivity contribution in [2.24, 2.45) is 0 Å². The molecule has 0 fully saturated rings. The molecular formula is C16H26N2O7S. The van der Waals surface area contributed by atoms with E-state index in [1.807, 2.05) is 12.1 Å². The van der Waals surface area contributed by atoms with Gasteiger partial charge in [-0.1, -0.05) is 0 Å². The summed E-state index contributed by atoms with van der Waals surface area (Å²) in [5.74, 6) is -0.723. The Morgan fingerprint density at radius 2 is 1.73 bits per heavy atom. The second-order valence-electron chi connectivity index (χ2n) is 5.19. The lowest BCUT2D eigenvalue weighted by molar-refractivity contribution is -0.154. The number of carbonyl (C=O) groups excluding carboxylic acids is 2. The number of nitrogens with two attached hydrogens (primary N) is 1. The van der Waals surface area contributed by atoms with Crippen LogP contribution in [0.5, 0.6) is 5.75 Å². The lowest BCUT2D eigenvalue weighted by atomic mass is 10.2. The Hall–Kier alpha value is -2.33. The number of amides is 1. The lowest BCUT2D eigenvalue weighted by Crippen LogP contribution is -2.33. The molecule has 1 aromatic rings. The summed E-state index contributed by atoms with van der Waals surface area (Å²) in [5, 5.41) is 2.51. The Morgan fingerprint density at radius 3 is 2.27 bits per heavy atom. The van der Waals surface area contributed by atoms with Crippen molar-refractivity contribution < 1.29 is 32.0 Å². The minimum atomic E-state index is -3.67. The number of anilines is 1. The summed E-state index contributed by atoms with van der Waals surface area (Å²) in [6.45, 7) is 2.93. The molecule has 0 saturated heterocycles. The highest BCUT2D eigenvalue weighted by molar-refractivity contribution is 7.85. The van der Waals surface area contributed by atoms with Gasteiger partial charge in [0.25, 0.3) is 10.1 Å². The van der Waals surface area contributed by atoms with Crippen LogP contribution in [0.3, 0.4) is 0 Å². The van der Waals surface area contributed by atoms with Gasteiger partial charge in [0.1, 0.15) is 5.75 Å². The van der Waals surface area contributed by atoms with Gasteiger partial charge in [0.15, 0.2) is 0 Å². The zero-order chi connectivity index (χ0) is 20.0. The molecule has 0 aliphatic heterocycles. The summed E-state index contributed by atoms with van der Waals surface area (Å²) >= 11 is 0. The van der Waals surface area contributed by atoms with E-state index in [1.54, 1.807) is 19.1 Å². The smallest absolute Gasteiger partial charge is 0.396 e. The number of rotatable bonds is 8. The molecule has 0 unspecified atom stereocenters. The van der Waals surface area contributed by atoms with Crippen molar-refractivity contribution in [3.05, 3.63) is 24.3 Å². The van der Waals surface area contributed by atoms with Gasteiger partial charge in [-0.2, -0.15) is 8.42 Å². The van der Waals surface area contributed by atoms with Crippen LogP contribution in [0.4, 0.5) is 5.69 Å². The van der Waals surface area contributed by atoms with Gasteiger partial charge in [-0.05, 0) is 50.5 Å². The average Bonchev–Trinajstić information content (AvgIpc) is 2.54. The van der Waals surface area contributed by atoms with Crippen molar-refractivity contribution in [2.45, 2.75) is 26.2 Å². The average molecular weight is 390 g/mol. The van der Waals surface area contributed by atoms with Crippen molar-refractivity contribution >= 4 is 27.7 Å². The fraction of sp³-hybridized carbons (Fsp3) is 0.500. The highest BCUT2D eigenvalue weighted by Crippen LogP contribution is 2.13. The van der Waals surface area contributed by atoms with Gasteiger partial charge in [0.05, 0.1) is 19.5 Å². The van der Waals surface area contributed by atoms with Gasteiger partial charge in [-0.25, -0.2) is 4.79 Å². The Balaban J connectivity index is 0.00000110. The number of carbonyl (C=O) groups is 2. The molecule has 0 radical (unpaired) electrons. The molecule has 0 saturated carbocycles. The van der Waals surface area contributed by atoms with Crippen LogP contribution in [0.1, 0.15) is 26.2 Å². The first-order valence-electron chi connectivity index (χ1n) is 7.99. The number of unbranched alkanes of at least 4 members (excludes halogenated alkanes) is 2. The van der Waals surface area contributed by atoms with E-state index in [0.717, 1.165) is 25.0 Å². The number of esters is 1. The maximum absolute atomic E-state index is 11.2. The number of nitrogen functional groups attached to an aromatic ring is 1. The van der Waals surface area contributed by atoms with E-state index in [9.17, 15) is 18.0 Å². The minimum Gasteiger partial charge on any atom is -0.494 e. The summed E-state index contributed by atoms with van der Waals surface area (Å²) in [4.78, 5) is 22.2. The van der Waals surface area contributed by atoms with Crippen LogP contribution >= 0.6 is 0 Å². The molecule has 10 heteroatoms. The first-order chi connectivity index (χ1) is 12.1. The largest absolute Gasteiger partial charge is 0.494 e. The van der Waals surface area contributed by atoms with E-state index in [-0.39, 0.29) is 6.61 Å². The zero-order valence-electron chi connectivity index (χ0n) is 14.9. The maximum Gasteiger partial charge on any atom is 0.396 e. The van der Waals surface area contributed by atoms with Crippen LogP contribution < -0.4 is 15.8 Å². The molecule has 0 bridgehead atoms. The summed E-state index contributed by atoms with van der Waals surface area (Å²) in [6, 6.07) is 7.24. The van der Waals surface area contributed by atoms with Crippen molar-refractivity contribution in [1.82, 2.24) is 5.32 Å². The molecule has 1 rings (SSSR count). The molecule has 0 atom stereocenters. The summed E-state index contributed by atoms with van der Waals surface area (Å²) in [7, 11) is -3.67. The highest BCUT2D eigenvalue weighted by atomic mass is 32.2. The topological polar surface area (TPSA) is 145 Å². The summed E-state index contributed by atoms with van der Waals surface area (Å²) < 4.78 is 36.0. The molecule has 1 aromatic carbocycles. The van der Waals surface area contributed by atoms with Gasteiger partial charge < -0.3 is 20.5 Å².